The van der Waals surface area contributed by atoms with Crippen LogP contribution in [0.15, 0.2) is 12.4 Å². The summed E-state index contributed by atoms with van der Waals surface area (Å²) in [5, 5.41) is 11.7. The van der Waals surface area contributed by atoms with Crippen LogP contribution >= 0.6 is 0 Å². The lowest BCUT2D eigenvalue weighted by atomic mass is 10.2. The van der Waals surface area contributed by atoms with Crippen molar-refractivity contribution in [3.05, 3.63) is 18.1 Å². The maximum absolute atomic E-state index is 10.8. The molecule has 17 heavy (non-hydrogen) atoms. The largest absolute Gasteiger partial charge is 0.480 e. The number of nitrogens with one attached hydrogen (secondary N) is 1. The molecule has 2 atom stereocenters. The second kappa shape index (κ2) is 5.09. The number of aromatic nitrogens is 2. The van der Waals surface area contributed by atoms with Crippen LogP contribution in [0.25, 0.3) is 0 Å². The van der Waals surface area contributed by atoms with Crippen LogP contribution in [-0.2, 0) is 11.2 Å². The van der Waals surface area contributed by atoms with Gasteiger partial charge in [0, 0.05) is 24.7 Å². The van der Waals surface area contributed by atoms with Crippen molar-refractivity contribution in [2.24, 2.45) is 0 Å². The number of ether oxygens (including phenoxy) is 1. The van der Waals surface area contributed by atoms with Crippen LogP contribution in [-0.4, -0.2) is 39.7 Å². The smallest absolute Gasteiger partial charge is 0.320 e. The Bertz CT molecular complexity index is 411. The van der Waals surface area contributed by atoms with E-state index >= 15 is 0 Å². The number of aryl methyl sites for hydroxylation is 1. The molecule has 0 spiro atoms. The summed E-state index contributed by atoms with van der Waals surface area (Å²) in [6.07, 6.45) is 2.60. The SMILES string of the molecule is CCc1cc(OC2CNC(C(=O)O)C2)ncn1. The van der Waals surface area contributed by atoms with Crippen molar-refractivity contribution in [2.45, 2.75) is 31.9 Å². The third-order valence-corrected chi connectivity index (χ3v) is 2.74. The van der Waals surface area contributed by atoms with E-state index in [2.05, 4.69) is 15.3 Å². The molecule has 0 saturated carbocycles. The van der Waals surface area contributed by atoms with Gasteiger partial charge in [-0.05, 0) is 6.42 Å². The summed E-state index contributed by atoms with van der Waals surface area (Å²) in [5.74, 6) is -0.331. The summed E-state index contributed by atoms with van der Waals surface area (Å²) in [6, 6.07) is 1.26. The highest BCUT2D eigenvalue weighted by atomic mass is 16.5. The fourth-order valence-electron chi connectivity index (χ4n) is 1.79. The molecule has 92 valence electrons. The van der Waals surface area contributed by atoms with Crippen molar-refractivity contribution in [3.63, 3.8) is 0 Å². The van der Waals surface area contributed by atoms with Gasteiger partial charge in [-0.3, -0.25) is 4.79 Å². The van der Waals surface area contributed by atoms with Crippen molar-refractivity contribution in [2.75, 3.05) is 6.54 Å². The average molecular weight is 237 g/mol. The highest BCUT2D eigenvalue weighted by molar-refractivity contribution is 5.73. The summed E-state index contributed by atoms with van der Waals surface area (Å²) < 4.78 is 5.62. The predicted octanol–water partition coefficient (Wildman–Crippen LogP) is 0.233. The fraction of sp³-hybridized carbons (Fsp3) is 0.545. The molecular formula is C11H15N3O3. The van der Waals surface area contributed by atoms with Crippen LogP contribution in [0.4, 0.5) is 0 Å². The third-order valence-electron chi connectivity index (χ3n) is 2.74. The zero-order chi connectivity index (χ0) is 12.3. The first-order valence-corrected chi connectivity index (χ1v) is 5.62. The Hall–Kier alpha value is -1.69. The Morgan fingerprint density at radius 2 is 2.47 bits per heavy atom. The Labute approximate surface area is 99.0 Å². The highest BCUT2D eigenvalue weighted by Gasteiger charge is 2.30. The molecule has 0 radical (unpaired) electrons. The van der Waals surface area contributed by atoms with E-state index in [0.29, 0.717) is 18.8 Å². The normalized spacial score (nSPS) is 23.6. The average Bonchev–Trinajstić information content (AvgIpc) is 2.78. The van der Waals surface area contributed by atoms with Gasteiger partial charge >= 0.3 is 5.97 Å². The second-order valence-corrected chi connectivity index (χ2v) is 3.98. The zero-order valence-corrected chi connectivity index (χ0v) is 9.59. The van der Waals surface area contributed by atoms with E-state index in [1.54, 1.807) is 6.07 Å². The van der Waals surface area contributed by atoms with Gasteiger partial charge in [0.25, 0.3) is 0 Å². The molecule has 0 amide bonds. The zero-order valence-electron chi connectivity index (χ0n) is 9.59. The molecule has 2 rings (SSSR count). The molecule has 1 aliphatic rings. The van der Waals surface area contributed by atoms with Crippen molar-refractivity contribution in [3.8, 4) is 5.88 Å². The lowest BCUT2D eigenvalue weighted by Gasteiger charge is -2.11. The molecule has 6 heteroatoms. The van der Waals surface area contributed by atoms with Crippen LogP contribution in [0.3, 0.4) is 0 Å². The first-order chi connectivity index (χ1) is 8.19. The molecule has 2 N–H and O–H groups in total. The van der Waals surface area contributed by atoms with Crippen LogP contribution in [0, 0.1) is 0 Å². The maximum atomic E-state index is 10.8. The van der Waals surface area contributed by atoms with Gasteiger partial charge in [-0.2, -0.15) is 0 Å². The van der Waals surface area contributed by atoms with E-state index in [4.69, 9.17) is 9.84 Å². The van der Waals surface area contributed by atoms with Crippen molar-refractivity contribution >= 4 is 5.97 Å². The van der Waals surface area contributed by atoms with Crippen molar-refractivity contribution in [1.82, 2.24) is 15.3 Å². The number of aliphatic carboxylic acids is 1. The second-order valence-electron chi connectivity index (χ2n) is 3.98. The standard InChI is InChI=1S/C11H15N3O3/c1-2-7-3-10(14-6-13-7)17-8-4-9(11(15)16)12-5-8/h3,6,8-9,12H,2,4-5H2,1H3,(H,15,16). The van der Waals surface area contributed by atoms with Gasteiger partial charge in [-0.1, -0.05) is 6.92 Å². The summed E-state index contributed by atoms with van der Waals surface area (Å²) >= 11 is 0. The number of rotatable bonds is 4. The number of carboxylic acid groups (broad SMARTS) is 1. The number of carboxylic acids is 1. The summed E-state index contributed by atoms with van der Waals surface area (Å²) in [6.45, 7) is 2.53. The van der Waals surface area contributed by atoms with Crippen molar-refractivity contribution < 1.29 is 14.6 Å². The minimum Gasteiger partial charge on any atom is -0.480 e. The Kier molecular flexibility index (Phi) is 3.53. The molecule has 1 saturated heterocycles. The topological polar surface area (TPSA) is 84.3 Å². The lowest BCUT2D eigenvalue weighted by molar-refractivity contribution is -0.139. The van der Waals surface area contributed by atoms with Crippen molar-refractivity contribution in [1.29, 1.82) is 0 Å². The molecule has 1 fully saturated rings. The summed E-state index contributed by atoms with van der Waals surface area (Å²) in [4.78, 5) is 18.8. The molecule has 0 aromatic carbocycles. The molecule has 0 bridgehead atoms. The monoisotopic (exact) mass is 237 g/mol. The molecule has 1 aromatic rings. The number of hydrogen-bond donors (Lipinski definition) is 2. The number of nitrogens with zero attached hydrogens (tertiary/aromatic N) is 2. The van der Waals surface area contributed by atoms with Gasteiger partial charge in [-0.25, -0.2) is 9.97 Å². The summed E-state index contributed by atoms with van der Waals surface area (Å²) in [5.41, 5.74) is 0.913. The van der Waals surface area contributed by atoms with Gasteiger partial charge in [0.15, 0.2) is 0 Å². The molecule has 0 aliphatic carbocycles. The molecule has 6 nitrogen and oxygen atoms in total. The van der Waals surface area contributed by atoms with Gasteiger partial charge < -0.3 is 15.2 Å². The van der Waals surface area contributed by atoms with E-state index in [0.717, 1.165) is 12.1 Å². The Balaban J connectivity index is 1.95. The predicted molar refractivity (Wildman–Crippen MR) is 59.9 cm³/mol. The highest BCUT2D eigenvalue weighted by Crippen LogP contribution is 2.15. The first kappa shape index (κ1) is 11.8. The van der Waals surface area contributed by atoms with E-state index in [-0.39, 0.29) is 6.10 Å². The minimum absolute atomic E-state index is 0.143. The third kappa shape index (κ3) is 2.91. The van der Waals surface area contributed by atoms with E-state index in [1.807, 2.05) is 6.92 Å². The number of carbonyl (C=O) groups is 1. The summed E-state index contributed by atoms with van der Waals surface area (Å²) in [7, 11) is 0. The maximum Gasteiger partial charge on any atom is 0.320 e. The molecule has 2 unspecified atom stereocenters. The van der Waals surface area contributed by atoms with Crippen LogP contribution in [0.5, 0.6) is 5.88 Å². The van der Waals surface area contributed by atoms with E-state index < -0.39 is 12.0 Å². The Morgan fingerprint density at radius 3 is 3.12 bits per heavy atom. The molecular weight excluding hydrogens is 222 g/mol. The lowest BCUT2D eigenvalue weighted by Crippen LogP contribution is -2.30. The van der Waals surface area contributed by atoms with Crippen LogP contribution < -0.4 is 10.1 Å². The first-order valence-electron chi connectivity index (χ1n) is 5.62. The van der Waals surface area contributed by atoms with Gasteiger partial charge in [-0.15, -0.1) is 0 Å². The fourth-order valence-corrected chi connectivity index (χ4v) is 1.79. The molecule has 2 heterocycles. The molecule has 1 aromatic heterocycles. The van der Waals surface area contributed by atoms with Crippen LogP contribution in [0.2, 0.25) is 0 Å². The number of hydrogen-bond acceptors (Lipinski definition) is 5. The van der Waals surface area contributed by atoms with Crippen LogP contribution in [0.1, 0.15) is 19.0 Å². The van der Waals surface area contributed by atoms with Gasteiger partial charge in [0.05, 0.1) is 0 Å². The van der Waals surface area contributed by atoms with Gasteiger partial charge in [0.1, 0.15) is 18.5 Å². The van der Waals surface area contributed by atoms with E-state index in [9.17, 15) is 4.79 Å². The minimum atomic E-state index is -0.840. The quantitative estimate of drug-likeness (QED) is 0.780. The molecule has 1 aliphatic heterocycles. The van der Waals surface area contributed by atoms with E-state index in [1.165, 1.54) is 6.33 Å². The van der Waals surface area contributed by atoms with Gasteiger partial charge in [0.2, 0.25) is 5.88 Å². The Morgan fingerprint density at radius 1 is 1.65 bits per heavy atom.